The van der Waals surface area contributed by atoms with E-state index in [2.05, 4.69) is 0 Å². The zero-order chi connectivity index (χ0) is 14.6. The lowest BCUT2D eigenvalue weighted by atomic mass is 10.1. The minimum absolute atomic E-state index is 0.474. The summed E-state index contributed by atoms with van der Waals surface area (Å²) in [4.78, 5) is 33.2. The van der Waals surface area contributed by atoms with Gasteiger partial charge in [-0.15, -0.1) is 0 Å². The molecule has 0 aliphatic heterocycles. The number of amides is 2. The molecule has 0 bridgehead atoms. The molecule has 1 aromatic rings. The van der Waals surface area contributed by atoms with Crippen molar-refractivity contribution in [2.75, 3.05) is 0 Å². The number of carbonyl (C=O) groups is 3. The molecule has 6 N–H and O–H groups in total. The Morgan fingerprint density at radius 1 is 1.21 bits per heavy atom. The molecule has 102 valence electrons. The van der Waals surface area contributed by atoms with E-state index < -0.39 is 47.3 Å². The first-order valence-electron chi connectivity index (χ1n) is 5.16. The summed E-state index contributed by atoms with van der Waals surface area (Å²) in [6.07, 6.45) is -0.602. The SMILES string of the molecule is NC(=O)CC(NC(=O)c1c(O)cccc1O)C(=O)O. The average molecular weight is 268 g/mol. The van der Waals surface area contributed by atoms with E-state index in [1.807, 2.05) is 5.32 Å². The van der Waals surface area contributed by atoms with Gasteiger partial charge in [-0.3, -0.25) is 9.59 Å². The number of phenolic OH excluding ortho intramolecular Hbond substituents is 2. The van der Waals surface area contributed by atoms with Crippen molar-refractivity contribution >= 4 is 17.8 Å². The molecule has 0 aliphatic rings. The third-order valence-corrected chi connectivity index (χ3v) is 2.26. The number of carboxylic acid groups (broad SMARTS) is 1. The molecule has 0 fully saturated rings. The molecular weight excluding hydrogens is 256 g/mol. The molecule has 19 heavy (non-hydrogen) atoms. The van der Waals surface area contributed by atoms with Gasteiger partial charge in [-0.25, -0.2) is 4.79 Å². The molecule has 0 saturated heterocycles. The summed E-state index contributed by atoms with van der Waals surface area (Å²) in [6, 6.07) is 2.07. The largest absolute Gasteiger partial charge is 0.507 e. The summed E-state index contributed by atoms with van der Waals surface area (Å²) in [5.74, 6) is -4.41. The Kier molecular flexibility index (Phi) is 4.30. The Bertz CT molecular complexity index is 508. The lowest BCUT2D eigenvalue weighted by molar-refractivity contribution is -0.140. The first kappa shape index (κ1) is 14.3. The van der Waals surface area contributed by atoms with Gasteiger partial charge in [0.25, 0.3) is 5.91 Å². The predicted octanol–water partition coefficient (Wildman–Crippen LogP) is -0.844. The van der Waals surface area contributed by atoms with Crippen LogP contribution in [0, 0.1) is 0 Å². The number of benzene rings is 1. The summed E-state index contributed by atoms with van der Waals surface area (Å²) in [6.45, 7) is 0. The quantitative estimate of drug-likeness (QED) is 0.469. The zero-order valence-electron chi connectivity index (χ0n) is 9.66. The van der Waals surface area contributed by atoms with Gasteiger partial charge in [0.2, 0.25) is 5.91 Å². The van der Waals surface area contributed by atoms with Crippen LogP contribution in [0.5, 0.6) is 11.5 Å². The monoisotopic (exact) mass is 268 g/mol. The normalized spacial score (nSPS) is 11.6. The van der Waals surface area contributed by atoms with Crippen LogP contribution in [-0.4, -0.2) is 39.1 Å². The summed E-state index contributed by atoms with van der Waals surface area (Å²) < 4.78 is 0. The van der Waals surface area contributed by atoms with Gasteiger partial charge < -0.3 is 26.4 Å². The third kappa shape index (κ3) is 3.60. The average Bonchev–Trinajstić information content (AvgIpc) is 2.27. The van der Waals surface area contributed by atoms with E-state index in [-0.39, 0.29) is 0 Å². The Hall–Kier alpha value is -2.77. The Morgan fingerprint density at radius 2 is 1.74 bits per heavy atom. The fourth-order valence-corrected chi connectivity index (χ4v) is 1.39. The van der Waals surface area contributed by atoms with Crippen molar-refractivity contribution in [2.24, 2.45) is 5.73 Å². The number of phenols is 2. The number of aromatic hydroxyl groups is 2. The maximum Gasteiger partial charge on any atom is 0.326 e. The highest BCUT2D eigenvalue weighted by Crippen LogP contribution is 2.26. The van der Waals surface area contributed by atoms with Crippen LogP contribution < -0.4 is 11.1 Å². The molecule has 8 nitrogen and oxygen atoms in total. The summed E-state index contributed by atoms with van der Waals surface area (Å²) in [5, 5.41) is 29.7. The van der Waals surface area contributed by atoms with Crippen molar-refractivity contribution in [3.8, 4) is 11.5 Å². The van der Waals surface area contributed by atoms with Gasteiger partial charge in [-0.2, -0.15) is 0 Å². The highest BCUT2D eigenvalue weighted by atomic mass is 16.4. The maximum atomic E-state index is 11.7. The fraction of sp³-hybridized carbons (Fsp3) is 0.182. The van der Waals surface area contributed by atoms with Crippen LogP contribution >= 0.6 is 0 Å². The van der Waals surface area contributed by atoms with E-state index >= 15 is 0 Å². The van der Waals surface area contributed by atoms with Crippen molar-refractivity contribution in [3.05, 3.63) is 23.8 Å². The lowest BCUT2D eigenvalue weighted by Gasteiger charge is -2.14. The first-order valence-corrected chi connectivity index (χ1v) is 5.16. The highest BCUT2D eigenvalue weighted by molar-refractivity contribution is 6.01. The van der Waals surface area contributed by atoms with Crippen molar-refractivity contribution < 1.29 is 29.7 Å². The molecule has 0 heterocycles. The second-order valence-electron chi connectivity index (χ2n) is 3.71. The number of nitrogens with two attached hydrogens (primary N) is 1. The van der Waals surface area contributed by atoms with Crippen LogP contribution in [0.4, 0.5) is 0 Å². The van der Waals surface area contributed by atoms with Gasteiger partial charge in [0.05, 0.1) is 6.42 Å². The summed E-state index contributed by atoms with van der Waals surface area (Å²) >= 11 is 0. The predicted molar refractivity (Wildman–Crippen MR) is 62.5 cm³/mol. The number of primary amides is 1. The maximum absolute atomic E-state index is 11.7. The molecule has 0 aliphatic carbocycles. The van der Waals surface area contributed by atoms with Crippen LogP contribution in [0.15, 0.2) is 18.2 Å². The van der Waals surface area contributed by atoms with E-state index in [9.17, 15) is 24.6 Å². The van der Waals surface area contributed by atoms with Crippen molar-refractivity contribution in [1.29, 1.82) is 0 Å². The van der Waals surface area contributed by atoms with Crippen LogP contribution in [0.25, 0.3) is 0 Å². The smallest absolute Gasteiger partial charge is 0.326 e. The van der Waals surface area contributed by atoms with Gasteiger partial charge in [0, 0.05) is 0 Å². The molecule has 1 unspecified atom stereocenters. The second-order valence-corrected chi connectivity index (χ2v) is 3.71. The lowest BCUT2D eigenvalue weighted by Crippen LogP contribution is -2.43. The van der Waals surface area contributed by atoms with E-state index in [0.717, 1.165) is 12.1 Å². The van der Waals surface area contributed by atoms with Crippen molar-refractivity contribution in [2.45, 2.75) is 12.5 Å². The number of carboxylic acids is 1. The van der Waals surface area contributed by atoms with E-state index in [1.165, 1.54) is 6.07 Å². The summed E-state index contributed by atoms with van der Waals surface area (Å²) in [7, 11) is 0. The standard InChI is InChI=1S/C11H12N2O6/c12-8(16)4-5(11(18)19)13-10(17)9-6(14)2-1-3-7(9)15/h1-3,5,14-15H,4H2,(H2,12,16)(H,13,17)(H,18,19). The number of carbonyl (C=O) groups excluding carboxylic acids is 2. The molecule has 0 saturated carbocycles. The number of aliphatic carboxylic acids is 1. The zero-order valence-corrected chi connectivity index (χ0v) is 9.66. The van der Waals surface area contributed by atoms with Gasteiger partial charge in [0.1, 0.15) is 23.1 Å². The van der Waals surface area contributed by atoms with Crippen molar-refractivity contribution in [1.82, 2.24) is 5.32 Å². The second kappa shape index (κ2) is 5.71. The number of hydrogen-bond acceptors (Lipinski definition) is 5. The van der Waals surface area contributed by atoms with Gasteiger partial charge in [0.15, 0.2) is 0 Å². The Labute approximate surface area is 107 Å². The molecule has 1 atom stereocenters. The highest BCUT2D eigenvalue weighted by Gasteiger charge is 2.25. The van der Waals surface area contributed by atoms with E-state index in [0.29, 0.717) is 0 Å². The molecule has 0 radical (unpaired) electrons. The van der Waals surface area contributed by atoms with E-state index in [4.69, 9.17) is 10.8 Å². The number of hydrogen-bond donors (Lipinski definition) is 5. The molecule has 0 spiro atoms. The van der Waals surface area contributed by atoms with Crippen LogP contribution in [0.1, 0.15) is 16.8 Å². The molecular formula is C11H12N2O6. The van der Waals surface area contributed by atoms with Crippen molar-refractivity contribution in [3.63, 3.8) is 0 Å². The number of nitrogens with one attached hydrogen (secondary N) is 1. The van der Waals surface area contributed by atoms with Crippen LogP contribution in [0.3, 0.4) is 0 Å². The minimum atomic E-state index is -1.54. The topological polar surface area (TPSA) is 150 Å². The van der Waals surface area contributed by atoms with Crippen LogP contribution in [0.2, 0.25) is 0 Å². The first-order chi connectivity index (χ1) is 8.82. The van der Waals surface area contributed by atoms with Gasteiger partial charge in [-0.05, 0) is 12.1 Å². The molecule has 2 amide bonds. The van der Waals surface area contributed by atoms with Gasteiger partial charge in [-0.1, -0.05) is 6.07 Å². The van der Waals surface area contributed by atoms with Crippen LogP contribution in [-0.2, 0) is 9.59 Å². The van der Waals surface area contributed by atoms with E-state index in [1.54, 1.807) is 0 Å². The Morgan fingerprint density at radius 3 is 2.16 bits per heavy atom. The third-order valence-electron chi connectivity index (χ3n) is 2.26. The number of rotatable bonds is 5. The summed E-state index contributed by atoms with van der Waals surface area (Å²) in [5.41, 5.74) is 4.38. The fourth-order valence-electron chi connectivity index (χ4n) is 1.39. The Balaban J connectivity index is 2.94. The molecule has 1 aromatic carbocycles. The molecule has 0 aromatic heterocycles. The minimum Gasteiger partial charge on any atom is -0.507 e. The van der Waals surface area contributed by atoms with Gasteiger partial charge >= 0.3 is 5.97 Å². The molecule has 8 heteroatoms. The molecule has 1 rings (SSSR count).